The molecule has 0 fully saturated rings. The molecule has 27 heavy (non-hydrogen) atoms. The van der Waals surface area contributed by atoms with Crippen LogP contribution in [0.5, 0.6) is 0 Å². The molecular formula is C23H22ClNOS. The molecule has 0 aromatic heterocycles. The molecule has 3 aromatic carbocycles. The summed E-state index contributed by atoms with van der Waals surface area (Å²) in [7, 11) is 0. The number of halogens is 1. The maximum atomic E-state index is 12.4. The number of benzene rings is 3. The van der Waals surface area contributed by atoms with Crippen molar-refractivity contribution in [3.63, 3.8) is 0 Å². The van der Waals surface area contributed by atoms with Gasteiger partial charge in [-0.15, -0.1) is 11.8 Å². The highest BCUT2D eigenvalue weighted by atomic mass is 35.5. The third-order valence-corrected chi connectivity index (χ3v) is 5.71. The molecule has 1 amide bonds. The minimum absolute atomic E-state index is 0.0327. The van der Waals surface area contributed by atoms with Crippen LogP contribution in [-0.2, 0) is 5.75 Å². The summed E-state index contributed by atoms with van der Waals surface area (Å²) in [6, 6.07) is 25.8. The van der Waals surface area contributed by atoms with Gasteiger partial charge in [-0.05, 0) is 53.4 Å². The molecule has 1 atom stereocenters. The second-order valence-corrected chi connectivity index (χ2v) is 7.95. The molecule has 0 heterocycles. The summed E-state index contributed by atoms with van der Waals surface area (Å²) < 4.78 is 0. The van der Waals surface area contributed by atoms with Crippen molar-refractivity contribution >= 4 is 29.3 Å². The van der Waals surface area contributed by atoms with Crippen molar-refractivity contribution in [2.24, 2.45) is 0 Å². The number of carbonyl (C=O) groups is 1. The molecule has 4 heteroatoms. The van der Waals surface area contributed by atoms with E-state index in [1.54, 1.807) is 11.8 Å². The van der Waals surface area contributed by atoms with E-state index in [0.29, 0.717) is 12.1 Å². The van der Waals surface area contributed by atoms with Crippen molar-refractivity contribution < 1.29 is 4.79 Å². The van der Waals surface area contributed by atoms with Crippen molar-refractivity contribution in [3.05, 3.63) is 101 Å². The second kappa shape index (κ2) is 9.63. The Morgan fingerprint density at radius 2 is 1.63 bits per heavy atom. The average molecular weight is 396 g/mol. The van der Waals surface area contributed by atoms with E-state index in [1.807, 2.05) is 66.7 Å². The van der Waals surface area contributed by atoms with Gasteiger partial charge in [0.2, 0.25) is 0 Å². The van der Waals surface area contributed by atoms with E-state index in [2.05, 4.69) is 24.4 Å². The van der Waals surface area contributed by atoms with Gasteiger partial charge in [-0.3, -0.25) is 4.79 Å². The molecular weight excluding hydrogens is 374 g/mol. The van der Waals surface area contributed by atoms with Crippen molar-refractivity contribution in [1.82, 2.24) is 5.32 Å². The van der Waals surface area contributed by atoms with Crippen LogP contribution < -0.4 is 5.32 Å². The Kier molecular flexibility index (Phi) is 6.97. The molecule has 0 spiro atoms. The predicted octanol–water partition coefficient (Wildman–Crippen LogP) is 6.17. The highest BCUT2D eigenvalue weighted by Crippen LogP contribution is 2.24. The molecule has 0 saturated heterocycles. The third kappa shape index (κ3) is 5.88. The molecule has 0 aliphatic rings. The van der Waals surface area contributed by atoms with Crippen LogP contribution >= 0.6 is 23.4 Å². The summed E-state index contributed by atoms with van der Waals surface area (Å²) in [5.41, 5.74) is 3.10. The number of hydrogen-bond donors (Lipinski definition) is 1. The smallest absolute Gasteiger partial charge is 0.251 e. The Morgan fingerprint density at radius 3 is 2.30 bits per heavy atom. The van der Waals surface area contributed by atoms with Crippen LogP contribution in [0.1, 0.15) is 34.3 Å². The van der Waals surface area contributed by atoms with Crippen molar-refractivity contribution in [1.29, 1.82) is 0 Å². The Bertz CT molecular complexity index is 863. The highest BCUT2D eigenvalue weighted by Gasteiger charge is 2.09. The lowest BCUT2D eigenvalue weighted by molar-refractivity contribution is 0.0951. The summed E-state index contributed by atoms with van der Waals surface area (Å²) in [6.45, 7) is 2.74. The highest BCUT2D eigenvalue weighted by molar-refractivity contribution is 7.98. The normalized spacial score (nSPS) is 11.8. The first-order valence-corrected chi connectivity index (χ1v) is 10.3. The quantitative estimate of drug-likeness (QED) is 0.485. The number of thioether (sulfide) groups is 1. The van der Waals surface area contributed by atoms with Crippen LogP contribution in [0.4, 0.5) is 0 Å². The predicted molar refractivity (Wildman–Crippen MR) is 115 cm³/mol. The Balaban J connectivity index is 1.50. The SMILES string of the molecule is C[C@@H](CNC(=O)c1ccc(CSc2ccc(Cl)cc2)cc1)c1ccccc1. The first kappa shape index (κ1) is 19.5. The molecule has 138 valence electrons. The Morgan fingerprint density at radius 1 is 0.963 bits per heavy atom. The lowest BCUT2D eigenvalue weighted by atomic mass is 10.0. The maximum absolute atomic E-state index is 12.4. The molecule has 3 rings (SSSR count). The van der Waals surface area contributed by atoms with Gasteiger partial charge >= 0.3 is 0 Å². The van der Waals surface area contributed by atoms with Crippen LogP contribution in [0, 0.1) is 0 Å². The molecule has 2 nitrogen and oxygen atoms in total. The first-order valence-electron chi connectivity index (χ1n) is 8.92. The second-order valence-electron chi connectivity index (χ2n) is 6.46. The van der Waals surface area contributed by atoms with E-state index in [1.165, 1.54) is 16.0 Å². The van der Waals surface area contributed by atoms with Gasteiger partial charge in [-0.25, -0.2) is 0 Å². The first-order chi connectivity index (χ1) is 13.1. The number of hydrogen-bond acceptors (Lipinski definition) is 2. The van der Waals surface area contributed by atoms with Gasteiger partial charge in [-0.2, -0.15) is 0 Å². The van der Waals surface area contributed by atoms with Crippen LogP contribution in [0.2, 0.25) is 5.02 Å². The fraction of sp³-hybridized carbons (Fsp3) is 0.174. The number of amides is 1. The van der Waals surface area contributed by atoms with Crippen molar-refractivity contribution in [2.45, 2.75) is 23.5 Å². The van der Waals surface area contributed by atoms with Crippen LogP contribution in [0.15, 0.2) is 83.8 Å². The summed E-state index contributed by atoms with van der Waals surface area (Å²) >= 11 is 7.66. The van der Waals surface area contributed by atoms with Crippen molar-refractivity contribution in [3.8, 4) is 0 Å². The van der Waals surface area contributed by atoms with E-state index in [0.717, 1.165) is 10.8 Å². The largest absolute Gasteiger partial charge is 0.351 e. The van der Waals surface area contributed by atoms with E-state index >= 15 is 0 Å². The zero-order valence-electron chi connectivity index (χ0n) is 15.2. The van der Waals surface area contributed by atoms with E-state index < -0.39 is 0 Å². The van der Waals surface area contributed by atoms with Crippen LogP contribution in [0.3, 0.4) is 0 Å². The van der Waals surface area contributed by atoms with Gasteiger partial charge in [0.05, 0.1) is 0 Å². The van der Waals surface area contributed by atoms with Crippen molar-refractivity contribution in [2.75, 3.05) is 6.54 Å². The summed E-state index contributed by atoms with van der Waals surface area (Å²) in [5.74, 6) is 1.11. The lowest BCUT2D eigenvalue weighted by Gasteiger charge is -2.13. The fourth-order valence-electron chi connectivity index (χ4n) is 2.70. The topological polar surface area (TPSA) is 29.1 Å². The van der Waals surface area contributed by atoms with E-state index in [9.17, 15) is 4.79 Å². The lowest BCUT2D eigenvalue weighted by Crippen LogP contribution is -2.27. The molecule has 0 saturated carbocycles. The minimum Gasteiger partial charge on any atom is -0.351 e. The van der Waals surface area contributed by atoms with E-state index in [4.69, 9.17) is 11.6 Å². The Labute approximate surface area is 170 Å². The molecule has 3 aromatic rings. The average Bonchev–Trinajstić information content (AvgIpc) is 2.72. The van der Waals surface area contributed by atoms with Gasteiger partial charge in [-0.1, -0.05) is 61.0 Å². The molecule has 0 aliphatic heterocycles. The summed E-state index contributed by atoms with van der Waals surface area (Å²) in [6.07, 6.45) is 0. The van der Waals surface area contributed by atoms with Gasteiger partial charge < -0.3 is 5.32 Å². The number of nitrogens with one attached hydrogen (secondary N) is 1. The summed E-state index contributed by atoms with van der Waals surface area (Å²) in [5, 5.41) is 3.77. The van der Waals surface area contributed by atoms with Crippen LogP contribution in [-0.4, -0.2) is 12.5 Å². The number of carbonyl (C=O) groups excluding carboxylic acids is 1. The van der Waals surface area contributed by atoms with Gasteiger partial charge in [0.15, 0.2) is 0 Å². The van der Waals surface area contributed by atoms with Crippen LogP contribution in [0.25, 0.3) is 0 Å². The monoisotopic (exact) mass is 395 g/mol. The van der Waals surface area contributed by atoms with E-state index in [-0.39, 0.29) is 11.8 Å². The molecule has 1 N–H and O–H groups in total. The Hall–Kier alpha value is -2.23. The standard InChI is InChI=1S/C23H22ClNOS/c1-17(19-5-3-2-4-6-19)15-25-23(26)20-9-7-18(8-10-20)16-27-22-13-11-21(24)12-14-22/h2-14,17H,15-16H2,1H3,(H,25,26)/t17-/m0/s1. The zero-order chi connectivity index (χ0) is 19.1. The molecule has 0 aliphatic carbocycles. The number of rotatable bonds is 7. The zero-order valence-corrected chi connectivity index (χ0v) is 16.8. The molecule has 0 bridgehead atoms. The molecule has 0 radical (unpaired) electrons. The maximum Gasteiger partial charge on any atom is 0.251 e. The fourth-order valence-corrected chi connectivity index (χ4v) is 3.68. The van der Waals surface area contributed by atoms with Gasteiger partial charge in [0.1, 0.15) is 0 Å². The van der Waals surface area contributed by atoms with Gasteiger partial charge in [0.25, 0.3) is 5.91 Å². The molecule has 0 unspecified atom stereocenters. The summed E-state index contributed by atoms with van der Waals surface area (Å²) in [4.78, 5) is 13.6. The third-order valence-electron chi connectivity index (χ3n) is 4.37. The minimum atomic E-state index is -0.0327. The van der Waals surface area contributed by atoms with Gasteiger partial charge in [0, 0.05) is 27.8 Å².